The van der Waals surface area contributed by atoms with Crippen LogP contribution in [0.4, 0.5) is 5.95 Å². The summed E-state index contributed by atoms with van der Waals surface area (Å²) in [6, 6.07) is 3.14. The van der Waals surface area contributed by atoms with Gasteiger partial charge in [-0.05, 0) is 18.9 Å². The van der Waals surface area contributed by atoms with E-state index in [1.54, 1.807) is 6.20 Å². The molecule has 2 fully saturated rings. The minimum absolute atomic E-state index is 0.433. The molecular weight excluding hydrogens is 368 g/mol. The van der Waals surface area contributed by atoms with Gasteiger partial charge in [0.15, 0.2) is 0 Å². The number of imidazole rings is 1. The molecule has 29 heavy (non-hydrogen) atoms. The van der Waals surface area contributed by atoms with E-state index in [9.17, 15) is 0 Å². The van der Waals surface area contributed by atoms with Crippen molar-refractivity contribution in [3.05, 3.63) is 43.2 Å². The molecule has 1 saturated heterocycles. The summed E-state index contributed by atoms with van der Waals surface area (Å²) in [7, 11) is 0. The first kappa shape index (κ1) is 16.9. The summed E-state index contributed by atoms with van der Waals surface area (Å²) in [5.41, 5.74) is 3.02. The van der Waals surface area contributed by atoms with E-state index >= 15 is 0 Å². The molecule has 0 amide bonds. The van der Waals surface area contributed by atoms with Gasteiger partial charge in [0.05, 0.1) is 24.9 Å². The van der Waals surface area contributed by atoms with E-state index in [4.69, 9.17) is 4.74 Å². The van der Waals surface area contributed by atoms with Gasteiger partial charge in [-0.3, -0.25) is 9.30 Å². The lowest BCUT2D eigenvalue weighted by Gasteiger charge is -2.44. The van der Waals surface area contributed by atoms with Crippen molar-refractivity contribution in [2.45, 2.75) is 24.9 Å². The van der Waals surface area contributed by atoms with Crippen LogP contribution >= 0.6 is 0 Å². The highest BCUT2D eigenvalue weighted by Crippen LogP contribution is 2.29. The van der Waals surface area contributed by atoms with E-state index in [0.717, 1.165) is 55.8 Å². The Morgan fingerprint density at radius 2 is 1.93 bits per heavy atom. The van der Waals surface area contributed by atoms with Crippen LogP contribution in [-0.2, 0) is 4.74 Å². The van der Waals surface area contributed by atoms with Crippen LogP contribution in [0.1, 0.15) is 12.8 Å². The smallest absolute Gasteiger partial charge is 0.241 e. The largest absolute Gasteiger partial charge is 0.379 e. The van der Waals surface area contributed by atoms with Crippen LogP contribution < -0.4 is 5.32 Å². The number of rotatable bonds is 4. The SMILES string of the molecule is c1cn2cc(-c3ccn4nc(N[C@H]5C[C@@H](N6CCOCC6)C5)ncc34)cnc2n1. The van der Waals surface area contributed by atoms with Crippen LogP contribution in [0.15, 0.2) is 43.2 Å². The molecule has 2 aliphatic rings. The molecule has 0 spiro atoms. The van der Waals surface area contributed by atoms with Crippen LogP contribution in [0.25, 0.3) is 22.4 Å². The Morgan fingerprint density at radius 1 is 1.03 bits per heavy atom. The van der Waals surface area contributed by atoms with E-state index in [0.29, 0.717) is 23.8 Å². The third-order valence-electron chi connectivity index (χ3n) is 5.98. The number of morpholine rings is 1. The predicted molar refractivity (Wildman–Crippen MR) is 108 cm³/mol. The number of aromatic nitrogens is 6. The highest BCUT2D eigenvalue weighted by molar-refractivity contribution is 5.79. The zero-order valence-electron chi connectivity index (χ0n) is 16.0. The Hall–Kier alpha value is -3.04. The normalized spacial score (nSPS) is 22.8. The molecule has 4 aromatic heterocycles. The maximum atomic E-state index is 5.44. The Morgan fingerprint density at radius 3 is 2.83 bits per heavy atom. The Kier molecular flexibility index (Phi) is 3.95. The minimum Gasteiger partial charge on any atom is -0.379 e. The summed E-state index contributed by atoms with van der Waals surface area (Å²) in [6.07, 6.45) is 13.6. The number of anilines is 1. The van der Waals surface area contributed by atoms with Gasteiger partial charge in [0.25, 0.3) is 0 Å². The van der Waals surface area contributed by atoms with Gasteiger partial charge in [-0.2, -0.15) is 0 Å². The monoisotopic (exact) mass is 390 g/mol. The van der Waals surface area contributed by atoms with Crippen LogP contribution in [0.5, 0.6) is 0 Å². The van der Waals surface area contributed by atoms with E-state index in [1.165, 1.54) is 0 Å². The highest BCUT2D eigenvalue weighted by Gasteiger charge is 2.34. The second kappa shape index (κ2) is 6.78. The van der Waals surface area contributed by atoms with Crippen molar-refractivity contribution >= 4 is 17.2 Å². The maximum absolute atomic E-state index is 5.44. The lowest BCUT2D eigenvalue weighted by molar-refractivity contribution is -0.00443. The van der Waals surface area contributed by atoms with Gasteiger partial charge in [0.2, 0.25) is 11.7 Å². The summed E-state index contributed by atoms with van der Waals surface area (Å²) in [5, 5.41) is 8.14. The fourth-order valence-electron chi connectivity index (χ4n) is 4.29. The van der Waals surface area contributed by atoms with Crippen molar-refractivity contribution < 1.29 is 4.74 Å². The summed E-state index contributed by atoms with van der Waals surface area (Å²) in [4.78, 5) is 15.7. The standard InChI is InChI=1S/C20H22N8O/c1-3-28-18(17(1)14-11-23-20-21-2-4-27(20)13-14)12-22-19(25-28)24-15-9-16(10-15)26-5-7-29-8-6-26/h1-4,11-13,15-16H,5-10H2,(H,24,25)/t15-,16+. The molecule has 1 N–H and O–H groups in total. The molecule has 1 aliphatic carbocycles. The molecule has 0 radical (unpaired) electrons. The minimum atomic E-state index is 0.433. The number of hydrogen-bond acceptors (Lipinski definition) is 7. The van der Waals surface area contributed by atoms with Crippen LogP contribution in [0.2, 0.25) is 0 Å². The predicted octanol–water partition coefficient (Wildman–Crippen LogP) is 1.71. The van der Waals surface area contributed by atoms with E-state index in [2.05, 4.69) is 30.3 Å². The number of hydrogen-bond donors (Lipinski definition) is 1. The first-order valence-corrected chi connectivity index (χ1v) is 10.1. The highest BCUT2D eigenvalue weighted by atomic mass is 16.5. The van der Waals surface area contributed by atoms with Gasteiger partial charge in [0, 0.05) is 67.3 Å². The lowest BCUT2D eigenvalue weighted by Crippen LogP contribution is -2.53. The third-order valence-corrected chi connectivity index (χ3v) is 5.98. The fraction of sp³-hybridized carbons (Fsp3) is 0.400. The van der Waals surface area contributed by atoms with Crippen molar-refractivity contribution in [1.29, 1.82) is 0 Å². The Labute approximate surface area is 167 Å². The van der Waals surface area contributed by atoms with Crippen molar-refractivity contribution in [2.24, 2.45) is 0 Å². The van der Waals surface area contributed by atoms with Crippen LogP contribution in [0, 0.1) is 0 Å². The average Bonchev–Trinajstić information content (AvgIpc) is 3.36. The molecule has 6 rings (SSSR count). The van der Waals surface area contributed by atoms with Gasteiger partial charge >= 0.3 is 0 Å². The van der Waals surface area contributed by atoms with Crippen LogP contribution in [-0.4, -0.2) is 72.3 Å². The zero-order chi connectivity index (χ0) is 19.2. The number of nitrogens with one attached hydrogen (secondary N) is 1. The van der Waals surface area contributed by atoms with Gasteiger partial charge in [0.1, 0.15) is 0 Å². The van der Waals surface area contributed by atoms with E-state index in [1.807, 2.05) is 46.0 Å². The summed E-state index contributed by atoms with van der Waals surface area (Å²) >= 11 is 0. The molecule has 1 aliphatic heterocycles. The fourth-order valence-corrected chi connectivity index (χ4v) is 4.29. The summed E-state index contributed by atoms with van der Waals surface area (Å²) in [6.45, 7) is 3.80. The quantitative estimate of drug-likeness (QED) is 0.568. The molecule has 0 aromatic carbocycles. The topological polar surface area (TPSA) is 84.9 Å². The Bertz CT molecular complexity index is 1160. The molecule has 0 unspecified atom stereocenters. The van der Waals surface area contributed by atoms with Crippen molar-refractivity contribution in [3.8, 4) is 11.1 Å². The lowest BCUT2D eigenvalue weighted by atomic mass is 9.85. The molecule has 9 heteroatoms. The molecule has 5 heterocycles. The second-order valence-corrected chi connectivity index (χ2v) is 7.73. The average molecular weight is 390 g/mol. The molecule has 0 bridgehead atoms. The van der Waals surface area contributed by atoms with Crippen molar-refractivity contribution in [1.82, 2.24) is 33.9 Å². The first-order chi connectivity index (χ1) is 14.3. The van der Waals surface area contributed by atoms with Crippen molar-refractivity contribution in [3.63, 3.8) is 0 Å². The van der Waals surface area contributed by atoms with Gasteiger partial charge in [-0.1, -0.05) is 0 Å². The molecule has 1 saturated carbocycles. The Balaban J connectivity index is 1.18. The number of fused-ring (bicyclic) bond motifs is 2. The molecule has 148 valence electrons. The molecular formula is C20H22N8O. The first-order valence-electron chi connectivity index (χ1n) is 10.1. The number of nitrogens with zero attached hydrogens (tertiary/aromatic N) is 7. The third kappa shape index (κ3) is 3.02. The van der Waals surface area contributed by atoms with Crippen molar-refractivity contribution in [2.75, 3.05) is 31.6 Å². The van der Waals surface area contributed by atoms with Gasteiger partial charge < -0.3 is 10.1 Å². The molecule has 4 aromatic rings. The maximum Gasteiger partial charge on any atom is 0.241 e. The molecule has 9 nitrogen and oxygen atoms in total. The summed E-state index contributed by atoms with van der Waals surface area (Å²) in [5.74, 6) is 1.36. The van der Waals surface area contributed by atoms with E-state index < -0.39 is 0 Å². The number of ether oxygens (including phenoxy) is 1. The molecule has 0 atom stereocenters. The zero-order valence-corrected chi connectivity index (χ0v) is 16.0. The van der Waals surface area contributed by atoms with E-state index in [-0.39, 0.29) is 0 Å². The summed E-state index contributed by atoms with van der Waals surface area (Å²) < 4.78 is 9.23. The van der Waals surface area contributed by atoms with Gasteiger partial charge in [-0.15, -0.1) is 5.10 Å². The second-order valence-electron chi connectivity index (χ2n) is 7.73. The van der Waals surface area contributed by atoms with Gasteiger partial charge in [-0.25, -0.2) is 19.5 Å². The van der Waals surface area contributed by atoms with Crippen LogP contribution in [0.3, 0.4) is 0 Å².